The quantitative estimate of drug-likeness (QED) is 0.783. The second-order valence-electron chi connectivity index (χ2n) is 6.75. The van der Waals surface area contributed by atoms with Crippen molar-refractivity contribution in [3.63, 3.8) is 0 Å². The molecule has 1 saturated heterocycles. The van der Waals surface area contributed by atoms with Crippen LogP contribution in [0.1, 0.15) is 22.7 Å². The van der Waals surface area contributed by atoms with Crippen LogP contribution in [-0.2, 0) is 16.0 Å². The molecule has 1 amide bonds. The molecule has 1 fully saturated rings. The number of hydrogen-bond donors (Lipinski definition) is 1. The maximum absolute atomic E-state index is 12.6. The predicted octanol–water partition coefficient (Wildman–Crippen LogP) is 3.49. The van der Waals surface area contributed by atoms with Gasteiger partial charge < -0.3 is 10.1 Å². The van der Waals surface area contributed by atoms with E-state index in [2.05, 4.69) is 57.3 Å². The van der Waals surface area contributed by atoms with Gasteiger partial charge in [0.25, 0.3) is 0 Å². The van der Waals surface area contributed by atoms with E-state index in [1.165, 1.54) is 5.56 Å². The lowest BCUT2D eigenvalue weighted by atomic mass is 10.0. The standard InChI is InChI=1S/C21H25BrN2O2/c1-16-2-6-18(7-3-16)20(15-24-10-12-26-13-11-24)23-21(25)14-17-4-8-19(22)9-5-17/h2-9,20H,10-15H2,1H3,(H,23,25)/t20-/m0/s1. The van der Waals surface area contributed by atoms with Crippen LogP contribution in [0.3, 0.4) is 0 Å². The van der Waals surface area contributed by atoms with Crippen LogP contribution in [0.2, 0.25) is 0 Å². The first-order valence-corrected chi connectivity index (χ1v) is 9.80. The van der Waals surface area contributed by atoms with Gasteiger partial charge in [-0.15, -0.1) is 0 Å². The normalized spacial score (nSPS) is 16.2. The van der Waals surface area contributed by atoms with Crippen molar-refractivity contribution in [3.05, 3.63) is 69.7 Å². The molecule has 0 aliphatic carbocycles. The van der Waals surface area contributed by atoms with E-state index in [4.69, 9.17) is 4.74 Å². The molecule has 1 atom stereocenters. The molecule has 5 heteroatoms. The minimum absolute atomic E-state index is 0.0170. The highest BCUT2D eigenvalue weighted by Gasteiger charge is 2.20. The minimum Gasteiger partial charge on any atom is -0.379 e. The number of halogens is 1. The van der Waals surface area contributed by atoms with Crippen LogP contribution in [-0.4, -0.2) is 43.7 Å². The van der Waals surface area contributed by atoms with Gasteiger partial charge in [0.05, 0.1) is 25.7 Å². The lowest BCUT2D eigenvalue weighted by Crippen LogP contribution is -2.43. The van der Waals surface area contributed by atoms with Crippen LogP contribution in [0.4, 0.5) is 0 Å². The Morgan fingerprint density at radius 3 is 2.42 bits per heavy atom. The second-order valence-corrected chi connectivity index (χ2v) is 7.66. The van der Waals surface area contributed by atoms with Gasteiger partial charge in [-0.2, -0.15) is 0 Å². The Balaban J connectivity index is 1.68. The molecule has 2 aromatic rings. The number of nitrogens with one attached hydrogen (secondary N) is 1. The highest BCUT2D eigenvalue weighted by atomic mass is 79.9. The molecule has 0 aromatic heterocycles. The van der Waals surface area contributed by atoms with E-state index in [-0.39, 0.29) is 11.9 Å². The van der Waals surface area contributed by atoms with Crippen LogP contribution in [0.5, 0.6) is 0 Å². The molecule has 0 spiro atoms. The van der Waals surface area contributed by atoms with Crippen LogP contribution >= 0.6 is 15.9 Å². The number of hydrogen-bond acceptors (Lipinski definition) is 3. The summed E-state index contributed by atoms with van der Waals surface area (Å²) in [5.41, 5.74) is 3.38. The van der Waals surface area contributed by atoms with Gasteiger partial charge in [-0.1, -0.05) is 57.9 Å². The third-order valence-corrected chi connectivity index (χ3v) is 5.17. The topological polar surface area (TPSA) is 41.6 Å². The third-order valence-electron chi connectivity index (χ3n) is 4.64. The number of morpholine rings is 1. The summed E-state index contributed by atoms with van der Waals surface area (Å²) in [6.07, 6.45) is 0.388. The summed E-state index contributed by atoms with van der Waals surface area (Å²) in [5, 5.41) is 3.23. The molecule has 0 radical (unpaired) electrons. The van der Waals surface area contributed by atoms with Gasteiger partial charge in [0, 0.05) is 24.1 Å². The number of aryl methyl sites for hydroxylation is 1. The summed E-state index contributed by atoms with van der Waals surface area (Å²) in [5.74, 6) is 0.0474. The molecule has 3 rings (SSSR count). The van der Waals surface area contributed by atoms with Crippen LogP contribution in [0.15, 0.2) is 53.0 Å². The maximum Gasteiger partial charge on any atom is 0.224 e. The van der Waals surface area contributed by atoms with Crippen molar-refractivity contribution in [1.29, 1.82) is 0 Å². The summed E-state index contributed by atoms with van der Waals surface area (Å²) in [7, 11) is 0. The average molecular weight is 417 g/mol. The van der Waals surface area contributed by atoms with Crippen molar-refractivity contribution in [2.75, 3.05) is 32.8 Å². The Labute approximate surface area is 163 Å². The first-order valence-electron chi connectivity index (χ1n) is 9.00. The van der Waals surface area contributed by atoms with Gasteiger partial charge in [0.15, 0.2) is 0 Å². The zero-order chi connectivity index (χ0) is 18.4. The van der Waals surface area contributed by atoms with Crippen molar-refractivity contribution in [1.82, 2.24) is 10.2 Å². The number of rotatable bonds is 6. The SMILES string of the molecule is Cc1ccc([C@H](CN2CCOCC2)NC(=O)Cc2ccc(Br)cc2)cc1. The smallest absolute Gasteiger partial charge is 0.224 e. The Hall–Kier alpha value is -1.69. The number of carbonyl (C=O) groups is 1. The lowest BCUT2D eigenvalue weighted by molar-refractivity contribution is -0.121. The number of nitrogens with zero attached hydrogens (tertiary/aromatic N) is 1. The number of carbonyl (C=O) groups excluding carboxylic acids is 1. The number of ether oxygens (including phenoxy) is 1. The highest BCUT2D eigenvalue weighted by molar-refractivity contribution is 9.10. The Kier molecular flexibility index (Phi) is 6.83. The molecule has 1 aliphatic heterocycles. The summed E-state index contributed by atoms with van der Waals surface area (Å²) < 4.78 is 6.46. The van der Waals surface area contributed by atoms with E-state index < -0.39 is 0 Å². The molecule has 26 heavy (non-hydrogen) atoms. The minimum atomic E-state index is -0.0170. The van der Waals surface area contributed by atoms with Crippen LogP contribution in [0, 0.1) is 6.92 Å². The monoisotopic (exact) mass is 416 g/mol. The predicted molar refractivity (Wildman–Crippen MR) is 107 cm³/mol. The summed E-state index contributed by atoms with van der Waals surface area (Å²) in [6.45, 7) is 6.21. The van der Waals surface area contributed by atoms with Gasteiger partial charge in [-0.3, -0.25) is 9.69 Å². The molecule has 0 saturated carbocycles. The van der Waals surface area contributed by atoms with Crippen molar-refractivity contribution < 1.29 is 9.53 Å². The lowest BCUT2D eigenvalue weighted by Gasteiger charge is -2.31. The van der Waals surface area contributed by atoms with Gasteiger partial charge in [-0.25, -0.2) is 0 Å². The van der Waals surface area contributed by atoms with Gasteiger partial charge in [0.2, 0.25) is 5.91 Å². The molecule has 1 aliphatic rings. The van der Waals surface area contributed by atoms with Crippen molar-refractivity contribution in [2.45, 2.75) is 19.4 Å². The van der Waals surface area contributed by atoms with Crippen molar-refractivity contribution >= 4 is 21.8 Å². The van der Waals surface area contributed by atoms with Gasteiger partial charge in [0.1, 0.15) is 0 Å². The van der Waals surface area contributed by atoms with E-state index in [1.54, 1.807) is 0 Å². The summed E-state index contributed by atoms with van der Waals surface area (Å²) >= 11 is 3.43. The van der Waals surface area contributed by atoms with E-state index in [1.807, 2.05) is 24.3 Å². The molecule has 4 nitrogen and oxygen atoms in total. The fraction of sp³-hybridized carbons (Fsp3) is 0.381. The van der Waals surface area contributed by atoms with Crippen LogP contribution in [0.25, 0.3) is 0 Å². The van der Waals surface area contributed by atoms with E-state index >= 15 is 0 Å². The first kappa shape index (κ1) is 19.1. The first-order chi connectivity index (χ1) is 12.6. The zero-order valence-electron chi connectivity index (χ0n) is 15.1. The Bertz CT molecular complexity index is 710. The Morgan fingerprint density at radius 2 is 1.77 bits per heavy atom. The number of benzene rings is 2. The molecule has 138 valence electrons. The molecular formula is C21H25BrN2O2. The average Bonchev–Trinajstić information content (AvgIpc) is 2.65. The Morgan fingerprint density at radius 1 is 1.12 bits per heavy atom. The summed E-state index contributed by atoms with van der Waals surface area (Å²) in [4.78, 5) is 15.0. The van der Waals surface area contributed by atoms with E-state index in [9.17, 15) is 4.79 Å². The van der Waals surface area contributed by atoms with Crippen molar-refractivity contribution in [2.24, 2.45) is 0 Å². The largest absolute Gasteiger partial charge is 0.379 e. The highest BCUT2D eigenvalue weighted by Crippen LogP contribution is 2.17. The summed E-state index contributed by atoms with van der Waals surface area (Å²) in [6, 6.07) is 16.3. The second kappa shape index (κ2) is 9.31. The van der Waals surface area contributed by atoms with Gasteiger partial charge >= 0.3 is 0 Å². The third kappa shape index (κ3) is 5.66. The fourth-order valence-corrected chi connectivity index (χ4v) is 3.37. The van der Waals surface area contributed by atoms with Gasteiger partial charge in [-0.05, 0) is 30.2 Å². The molecule has 0 unspecified atom stereocenters. The molecule has 1 heterocycles. The molecule has 0 bridgehead atoms. The van der Waals surface area contributed by atoms with Crippen LogP contribution < -0.4 is 5.32 Å². The van der Waals surface area contributed by atoms with Crippen molar-refractivity contribution in [3.8, 4) is 0 Å². The van der Waals surface area contributed by atoms with E-state index in [0.29, 0.717) is 6.42 Å². The fourth-order valence-electron chi connectivity index (χ4n) is 3.11. The maximum atomic E-state index is 12.6. The number of amides is 1. The molecule has 2 aromatic carbocycles. The van der Waals surface area contributed by atoms with E-state index in [0.717, 1.165) is 48.4 Å². The molecular weight excluding hydrogens is 392 g/mol. The molecule has 1 N–H and O–H groups in total. The zero-order valence-corrected chi connectivity index (χ0v) is 16.7.